The molecule has 74 valence electrons. The van der Waals surface area contributed by atoms with Gasteiger partial charge in [0, 0.05) is 25.7 Å². The zero-order chi connectivity index (χ0) is 9.47. The van der Waals surface area contributed by atoms with Crippen LogP contribution in [0.5, 0.6) is 0 Å². The third kappa shape index (κ3) is 1.32. The molecular weight excluding hydrogens is 162 g/mol. The molecule has 2 rings (SSSR count). The fourth-order valence-electron chi connectivity index (χ4n) is 2.92. The highest BCUT2D eigenvalue weighted by Crippen LogP contribution is 2.43. The quantitative estimate of drug-likeness (QED) is 0.602. The summed E-state index contributed by atoms with van der Waals surface area (Å²) in [6.07, 6.45) is 4.06. The van der Waals surface area contributed by atoms with Crippen LogP contribution in [0, 0.1) is 0 Å². The Morgan fingerprint density at radius 1 is 1.69 bits per heavy atom. The van der Waals surface area contributed by atoms with Crippen LogP contribution in [0.2, 0.25) is 0 Å². The average molecular weight is 181 g/mol. The number of methoxy groups -OCH3 is 1. The highest BCUT2D eigenvalue weighted by molar-refractivity contribution is 5.18. The van der Waals surface area contributed by atoms with Gasteiger partial charge in [-0.2, -0.15) is 0 Å². The number of hydrogen-bond acceptors (Lipinski definition) is 2. The predicted molar refractivity (Wildman–Crippen MR) is 53.8 cm³/mol. The van der Waals surface area contributed by atoms with E-state index in [1.807, 2.05) is 7.11 Å². The molecule has 2 saturated heterocycles. The van der Waals surface area contributed by atoms with E-state index in [1.165, 1.54) is 24.8 Å². The summed E-state index contributed by atoms with van der Waals surface area (Å²) in [6, 6.07) is 0. The van der Waals surface area contributed by atoms with Gasteiger partial charge in [-0.15, -0.1) is 0 Å². The molecule has 2 aliphatic heterocycles. The molecular formula is C11H19NO. The van der Waals surface area contributed by atoms with Gasteiger partial charge in [0.15, 0.2) is 0 Å². The average Bonchev–Trinajstić information content (AvgIpc) is 2.57. The second-order valence-electron chi connectivity index (χ2n) is 4.45. The first-order valence-electron chi connectivity index (χ1n) is 5.14. The molecule has 0 radical (unpaired) electrons. The zero-order valence-electron chi connectivity index (χ0n) is 8.68. The molecule has 0 amide bonds. The Balaban J connectivity index is 2.15. The monoisotopic (exact) mass is 181 g/mol. The summed E-state index contributed by atoms with van der Waals surface area (Å²) in [7, 11) is 1.82. The fourth-order valence-corrected chi connectivity index (χ4v) is 2.92. The molecule has 0 aromatic heterocycles. The van der Waals surface area contributed by atoms with Gasteiger partial charge in [0.25, 0.3) is 0 Å². The second kappa shape index (κ2) is 3.10. The zero-order valence-corrected chi connectivity index (χ0v) is 8.68. The van der Waals surface area contributed by atoms with Crippen LogP contribution in [0.15, 0.2) is 12.2 Å². The molecule has 2 atom stereocenters. The number of ether oxygens (including phenoxy) is 1. The van der Waals surface area contributed by atoms with E-state index in [4.69, 9.17) is 4.74 Å². The first kappa shape index (κ1) is 9.22. The normalized spacial score (nSPS) is 39.8. The van der Waals surface area contributed by atoms with Gasteiger partial charge in [0.1, 0.15) is 0 Å². The molecule has 0 aromatic carbocycles. The Bertz CT molecular complexity index is 226. The van der Waals surface area contributed by atoms with Crippen LogP contribution in [0.25, 0.3) is 0 Å². The molecule has 2 nitrogen and oxygen atoms in total. The topological polar surface area (TPSA) is 12.5 Å². The molecule has 0 unspecified atom stereocenters. The summed E-state index contributed by atoms with van der Waals surface area (Å²) >= 11 is 0. The van der Waals surface area contributed by atoms with E-state index in [0.29, 0.717) is 11.6 Å². The fraction of sp³-hybridized carbons (Fsp3) is 0.818. The van der Waals surface area contributed by atoms with Crippen LogP contribution in [-0.4, -0.2) is 36.7 Å². The molecule has 2 heterocycles. The molecule has 2 aliphatic rings. The highest BCUT2D eigenvalue weighted by atomic mass is 16.5. The molecule has 0 spiro atoms. The lowest BCUT2D eigenvalue weighted by Crippen LogP contribution is -2.37. The van der Waals surface area contributed by atoms with Crippen LogP contribution < -0.4 is 0 Å². The van der Waals surface area contributed by atoms with E-state index in [9.17, 15) is 0 Å². The van der Waals surface area contributed by atoms with Crippen molar-refractivity contribution in [3.8, 4) is 0 Å². The maximum atomic E-state index is 5.44. The Morgan fingerprint density at radius 3 is 3.00 bits per heavy atom. The minimum absolute atomic E-state index is 0.401. The lowest BCUT2D eigenvalue weighted by atomic mass is 9.89. The molecule has 2 fully saturated rings. The number of rotatable bonds is 2. The van der Waals surface area contributed by atoms with Crippen molar-refractivity contribution in [2.45, 2.75) is 37.8 Å². The van der Waals surface area contributed by atoms with Crippen LogP contribution in [0.3, 0.4) is 0 Å². The summed E-state index contributed by atoms with van der Waals surface area (Å²) < 4.78 is 5.44. The molecule has 0 saturated carbocycles. The van der Waals surface area contributed by atoms with Crippen molar-refractivity contribution in [3.63, 3.8) is 0 Å². The molecule has 0 bridgehead atoms. The first-order valence-corrected chi connectivity index (χ1v) is 5.14. The van der Waals surface area contributed by atoms with Crippen LogP contribution in [0.4, 0.5) is 0 Å². The van der Waals surface area contributed by atoms with E-state index >= 15 is 0 Å². The van der Waals surface area contributed by atoms with Crippen molar-refractivity contribution in [2.75, 3.05) is 20.2 Å². The number of fused-ring (bicyclic) bond motifs is 1. The van der Waals surface area contributed by atoms with Crippen molar-refractivity contribution in [3.05, 3.63) is 12.2 Å². The largest absolute Gasteiger partial charge is 0.380 e. The Hall–Kier alpha value is -0.340. The highest BCUT2D eigenvalue weighted by Gasteiger charge is 2.48. The van der Waals surface area contributed by atoms with Crippen molar-refractivity contribution in [2.24, 2.45) is 0 Å². The minimum Gasteiger partial charge on any atom is -0.380 e. The van der Waals surface area contributed by atoms with Gasteiger partial charge in [-0.3, -0.25) is 4.90 Å². The predicted octanol–water partition coefficient (Wildman–Crippen LogP) is 1.82. The first-order chi connectivity index (χ1) is 6.20. The van der Waals surface area contributed by atoms with Crippen molar-refractivity contribution in [1.29, 1.82) is 0 Å². The Labute approximate surface area is 80.6 Å². The smallest absolute Gasteiger partial charge is 0.0716 e. The van der Waals surface area contributed by atoms with Gasteiger partial charge in [-0.1, -0.05) is 19.1 Å². The van der Waals surface area contributed by atoms with Crippen LogP contribution >= 0.6 is 0 Å². The van der Waals surface area contributed by atoms with Crippen molar-refractivity contribution < 1.29 is 4.74 Å². The van der Waals surface area contributed by atoms with Gasteiger partial charge in [0.05, 0.1) is 6.10 Å². The molecule has 0 N–H and O–H groups in total. The summed E-state index contributed by atoms with van der Waals surface area (Å²) in [5.74, 6) is 0. The van der Waals surface area contributed by atoms with Gasteiger partial charge in [0.2, 0.25) is 0 Å². The summed E-state index contributed by atoms with van der Waals surface area (Å²) in [5, 5.41) is 0. The molecule has 0 aliphatic carbocycles. The maximum absolute atomic E-state index is 5.44. The molecule has 2 heteroatoms. The van der Waals surface area contributed by atoms with Gasteiger partial charge in [-0.25, -0.2) is 0 Å². The van der Waals surface area contributed by atoms with Crippen molar-refractivity contribution in [1.82, 2.24) is 4.90 Å². The molecule has 13 heavy (non-hydrogen) atoms. The summed E-state index contributed by atoms with van der Waals surface area (Å²) in [6.45, 7) is 8.57. The lowest BCUT2D eigenvalue weighted by molar-refractivity contribution is 0.108. The third-order valence-corrected chi connectivity index (χ3v) is 3.69. The Morgan fingerprint density at radius 2 is 2.46 bits per heavy atom. The van der Waals surface area contributed by atoms with E-state index < -0.39 is 0 Å². The van der Waals surface area contributed by atoms with E-state index in [0.717, 1.165) is 13.1 Å². The summed E-state index contributed by atoms with van der Waals surface area (Å²) in [4.78, 5) is 2.56. The SMILES string of the molecule is C=C1CN2C[C@H](OC)C[C@]2(CC)C1. The van der Waals surface area contributed by atoms with Gasteiger partial charge in [-0.05, 0) is 19.3 Å². The van der Waals surface area contributed by atoms with Crippen LogP contribution in [0.1, 0.15) is 26.2 Å². The lowest BCUT2D eigenvalue weighted by Gasteiger charge is -2.29. The van der Waals surface area contributed by atoms with Gasteiger partial charge >= 0.3 is 0 Å². The van der Waals surface area contributed by atoms with Crippen LogP contribution in [-0.2, 0) is 4.74 Å². The van der Waals surface area contributed by atoms with Gasteiger partial charge < -0.3 is 4.74 Å². The second-order valence-corrected chi connectivity index (χ2v) is 4.45. The summed E-state index contributed by atoms with van der Waals surface area (Å²) in [5.41, 5.74) is 1.80. The minimum atomic E-state index is 0.401. The Kier molecular flexibility index (Phi) is 2.20. The standard InChI is InChI=1S/C11H19NO/c1-4-11-5-9(2)7-12(11)8-10(6-11)13-3/h10H,2,4-8H2,1,3H3/t10-,11+/m1/s1. The number of hydrogen-bond donors (Lipinski definition) is 0. The van der Waals surface area contributed by atoms with E-state index in [-0.39, 0.29) is 0 Å². The number of nitrogens with zero attached hydrogens (tertiary/aromatic N) is 1. The van der Waals surface area contributed by atoms with E-state index in [2.05, 4.69) is 18.4 Å². The third-order valence-electron chi connectivity index (χ3n) is 3.69. The maximum Gasteiger partial charge on any atom is 0.0716 e. The van der Waals surface area contributed by atoms with Crippen molar-refractivity contribution >= 4 is 0 Å². The van der Waals surface area contributed by atoms with E-state index in [1.54, 1.807) is 0 Å². The molecule has 0 aromatic rings.